The summed E-state index contributed by atoms with van der Waals surface area (Å²) in [5.74, 6) is -3.58. The lowest BCUT2D eigenvalue weighted by atomic mass is 9.78. The number of urea groups is 1. The van der Waals surface area contributed by atoms with E-state index in [9.17, 15) is 27.9 Å². The van der Waals surface area contributed by atoms with Crippen LogP contribution in [-0.2, 0) is 10.5 Å². The van der Waals surface area contributed by atoms with Gasteiger partial charge >= 0.3 is 12.2 Å². The number of fused-ring (bicyclic) bond motifs is 1. The van der Waals surface area contributed by atoms with Crippen LogP contribution in [0.25, 0.3) is 0 Å². The third-order valence-electron chi connectivity index (χ3n) is 4.59. The van der Waals surface area contributed by atoms with Gasteiger partial charge in [-0.05, 0) is 29.1 Å². The summed E-state index contributed by atoms with van der Waals surface area (Å²) >= 11 is 0.923. The molecule has 0 saturated carbocycles. The van der Waals surface area contributed by atoms with Gasteiger partial charge in [-0.1, -0.05) is 12.1 Å². The van der Waals surface area contributed by atoms with Crippen molar-refractivity contribution in [2.24, 2.45) is 5.92 Å². The van der Waals surface area contributed by atoms with Crippen molar-refractivity contribution in [3.8, 4) is 11.5 Å². The van der Waals surface area contributed by atoms with Crippen LogP contribution >= 0.6 is 11.3 Å². The first-order valence-electron chi connectivity index (χ1n) is 8.06. The predicted molar refractivity (Wildman–Crippen MR) is 89.7 cm³/mol. The topological polar surface area (TPSA) is 96.9 Å². The molecule has 28 heavy (non-hydrogen) atoms. The lowest BCUT2D eigenvalue weighted by Crippen LogP contribution is -2.66. The number of ether oxygens (including phenoxy) is 2. The van der Waals surface area contributed by atoms with Crippen molar-refractivity contribution in [1.82, 2.24) is 10.6 Å². The summed E-state index contributed by atoms with van der Waals surface area (Å²) in [4.78, 5) is 24.5. The minimum atomic E-state index is -5.23. The van der Waals surface area contributed by atoms with Crippen LogP contribution in [0.5, 0.6) is 11.5 Å². The lowest BCUT2D eigenvalue weighted by molar-refractivity contribution is -0.190. The number of halogens is 3. The molecule has 1 saturated heterocycles. The van der Waals surface area contributed by atoms with Crippen LogP contribution in [0.2, 0.25) is 0 Å². The summed E-state index contributed by atoms with van der Waals surface area (Å²) in [7, 11) is 0. The SMILES string of the molecule is O=C1N[C@H](c2ccc3c(c2)OCO3)[C@H](C(=O)C(F)(F)F)[C@](O)(c2cccs2)N1. The number of carbonyl (C=O) groups is 2. The Kier molecular flexibility index (Phi) is 4.23. The fourth-order valence-corrected chi connectivity index (χ4v) is 4.18. The van der Waals surface area contributed by atoms with Crippen molar-refractivity contribution < 1.29 is 37.3 Å². The van der Waals surface area contributed by atoms with Gasteiger partial charge in [0.2, 0.25) is 12.6 Å². The highest BCUT2D eigenvalue weighted by Crippen LogP contribution is 2.45. The minimum absolute atomic E-state index is 0.00990. The normalized spacial score (nSPS) is 26.5. The summed E-state index contributed by atoms with van der Waals surface area (Å²) in [5.41, 5.74) is -2.37. The van der Waals surface area contributed by atoms with E-state index >= 15 is 0 Å². The summed E-state index contributed by atoms with van der Waals surface area (Å²) < 4.78 is 50.5. The number of thiophene rings is 1. The molecule has 1 aromatic carbocycles. The van der Waals surface area contributed by atoms with E-state index < -0.39 is 35.7 Å². The van der Waals surface area contributed by atoms with Crippen molar-refractivity contribution in [3.05, 3.63) is 46.2 Å². The average Bonchev–Trinajstić information content (AvgIpc) is 3.31. The summed E-state index contributed by atoms with van der Waals surface area (Å²) in [6.45, 7) is -0.0542. The fourth-order valence-electron chi connectivity index (χ4n) is 3.36. The van der Waals surface area contributed by atoms with Gasteiger partial charge in [-0.25, -0.2) is 4.79 Å². The minimum Gasteiger partial charge on any atom is -0.454 e. The Hall–Kier alpha value is -2.79. The smallest absolute Gasteiger partial charge is 0.450 e. The van der Waals surface area contributed by atoms with Crippen LogP contribution in [0, 0.1) is 5.92 Å². The van der Waals surface area contributed by atoms with Gasteiger partial charge in [0, 0.05) is 0 Å². The Balaban J connectivity index is 1.85. The molecule has 0 bridgehead atoms. The van der Waals surface area contributed by atoms with Gasteiger partial charge in [0.25, 0.3) is 0 Å². The number of alkyl halides is 3. The molecule has 2 aromatic rings. The third-order valence-corrected chi connectivity index (χ3v) is 5.58. The van der Waals surface area contributed by atoms with Crippen LogP contribution in [0.3, 0.4) is 0 Å². The number of ketones is 1. The van der Waals surface area contributed by atoms with Gasteiger partial charge in [-0.3, -0.25) is 4.79 Å². The van der Waals surface area contributed by atoms with Crippen LogP contribution < -0.4 is 20.1 Å². The molecule has 0 spiro atoms. The molecule has 148 valence electrons. The second-order valence-electron chi connectivity index (χ2n) is 6.27. The zero-order chi connectivity index (χ0) is 20.1. The first kappa shape index (κ1) is 18.6. The Morgan fingerprint density at radius 1 is 1.25 bits per heavy atom. The molecule has 0 radical (unpaired) electrons. The molecule has 3 atom stereocenters. The first-order valence-corrected chi connectivity index (χ1v) is 8.94. The molecule has 4 rings (SSSR count). The van der Waals surface area contributed by atoms with E-state index in [4.69, 9.17) is 9.47 Å². The molecule has 1 aromatic heterocycles. The second kappa shape index (κ2) is 6.38. The zero-order valence-electron chi connectivity index (χ0n) is 13.9. The van der Waals surface area contributed by atoms with Crippen molar-refractivity contribution in [2.45, 2.75) is 17.9 Å². The zero-order valence-corrected chi connectivity index (χ0v) is 14.8. The molecule has 1 fully saturated rings. The van der Waals surface area contributed by atoms with Crippen LogP contribution in [0.15, 0.2) is 35.7 Å². The summed E-state index contributed by atoms with van der Waals surface area (Å²) in [6.07, 6.45) is -5.23. The van der Waals surface area contributed by atoms with Gasteiger partial charge < -0.3 is 25.2 Å². The molecule has 11 heteroatoms. The Bertz CT molecular complexity index is 933. The number of nitrogens with one attached hydrogen (secondary N) is 2. The Morgan fingerprint density at radius 2 is 2.00 bits per heavy atom. The van der Waals surface area contributed by atoms with Gasteiger partial charge in [-0.15, -0.1) is 11.3 Å². The number of carbonyl (C=O) groups excluding carboxylic acids is 2. The number of aliphatic hydroxyl groups is 1. The maximum Gasteiger partial charge on any atom is 0.450 e. The van der Waals surface area contributed by atoms with Crippen molar-refractivity contribution in [2.75, 3.05) is 6.79 Å². The van der Waals surface area contributed by atoms with E-state index in [0.29, 0.717) is 5.75 Å². The standard InChI is InChI=1S/C17H13F3N2O5S/c18-17(19,20)14(23)12-13(8-3-4-9-10(6-8)27-7-26-9)21-15(24)22-16(12,25)11-2-1-5-28-11/h1-6,12-13,25H,7H2,(H2,21,22,24)/t12-,13-,16-/m1/s1. The maximum absolute atomic E-state index is 13.4. The van der Waals surface area contributed by atoms with Crippen LogP contribution in [0.4, 0.5) is 18.0 Å². The molecule has 3 heterocycles. The first-order chi connectivity index (χ1) is 13.2. The van der Waals surface area contributed by atoms with Gasteiger partial charge in [-0.2, -0.15) is 13.2 Å². The summed E-state index contributed by atoms with van der Waals surface area (Å²) in [5, 5.41) is 17.0. The van der Waals surface area contributed by atoms with E-state index in [-0.39, 0.29) is 23.0 Å². The molecule has 7 nitrogen and oxygen atoms in total. The number of rotatable bonds is 3. The lowest BCUT2D eigenvalue weighted by Gasteiger charge is -2.44. The molecule has 0 aliphatic carbocycles. The number of hydrogen-bond donors (Lipinski definition) is 3. The number of amides is 2. The maximum atomic E-state index is 13.4. The number of benzene rings is 1. The number of hydrogen-bond acceptors (Lipinski definition) is 6. The largest absolute Gasteiger partial charge is 0.454 e. The predicted octanol–water partition coefficient (Wildman–Crippen LogP) is 2.42. The molecular formula is C17H13F3N2O5S. The van der Waals surface area contributed by atoms with E-state index in [1.807, 2.05) is 0 Å². The molecule has 0 unspecified atom stereocenters. The average molecular weight is 414 g/mol. The highest BCUT2D eigenvalue weighted by molar-refractivity contribution is 7.10. The number of Topliss-reactive ketones (excluding diaryl/α,β-unsaturated/α-hetero) is 1. The second-order valence-corrected chi connectivity index (χ2v) is 7.22. The van der Waals surface area contributed by atoms with Gasteiger partial charge in [0.15, 0.2) is 17.2 Å². The van der Waals surface area contributed by atoms with Crippen molar-refractivity contribution in [1.29, 1.82) is 0 Å². The van der Waals surface area contributed by atoms with Crippen molar-refractivity contribution in [3.63, 3.8) is 0 Å². The monoisotopic (exact) mass is 414 g/mol. The molecule has 2 amide bonds. The summed E-state index contributed by atoms with van der Waals surface area (Å²) in [6, 6.07) is 4.74. The van der Waals surface area contributed by atoms with E-state index in [0.717, 1.165) is 11.3 Å². The highest BCUT2D eigenvalue weighted by Gasteiger charge is 2.59. The molecule has 2 aliphatic heterocycles. The van der Waals surface area contributed by atoms with E-state index in [1.54, 1.807) is 0 Å². The fraction of sp³-hybridized carbons (Fsp3) is 0.294. The van der Waals surface area contributed by atoms with E-state index in [2.05, 4.69) is 10.6 Å². The molecular weight excluding hydrogens is 401 g/mol. The highest BCUT2D eigenvalue weighted by atomic mass is 32.1. The van der Waals surface area contributed by atoms with Crippen LogP contribution in [0.1, 0.15) is 16.5 Å². The van der Waals surface area contributed by atoms with Gasteiger partial charge in [0.1, 0.15) is 5.92 Å². The van der Waals surface area contributed by atoms with Gasteiger partial charge in [0.05, 0.1) is 10.9 Å². The third kappa shape index (κ3) is 2.96. The molecule has 2 aliphatic rings. The van der Waals surface area contributed by atoms with Crippen molar-refractivity contribution >= 4 is 23.2 Å². The Morgan fingerprint density at radius 3 is 2.68 bits per heavy atom. The quantitative estimate of drug-likeness (QED) is 0.717. The Labute approximate surface area is 160 Å². The van der Waals surface area contributed by atoms with E-state index in [1.165, 1.54) is 35.7 Å². The van der Waals surface area contributed by atoms with Crippen LogP contribution in [-0.4, -0.2) is 29.9 Å². The molecule has 3 N–H and O–H groups in total.